The zero-order chi connectivity index (χ0) is 30.7. The lowest BCUT2D eigenvalue weighted by Gasteiger charge is -2.40. The van der Waals surface area contributed by atoms with Gasteiger partial charge in [-0.2, -0.15) is 0 Å². The Kier molecular flexibility index (Phi) is 9.74. The summed E-state index contributed by atoms with van der Waals surface area (Å²) >= 11 is 0. The van der Waals surface area contributed by atoms with E-state index in [1.165, 1.54) is 7.11 Å². The predicted molar refractivity (Wildman–Crippen MR) is 153 cm³/mol. The summed E-state index contributed by atoms with van der Waals surface area (Å²) in [6.45, 7) is 3.50. The van der Waals surface area contributed by atoms with Crippen molar-refractivity contribution in [2.75, 3.05) is 13.7 Å². The number of rotatable bonds is 13. The highest BCUT2D eigenvalue weighted by molar-refractivity contribution is 5.98. The third kappa shape index (κ3) is 6.85. The van der Waals surface area contributed by atoms with Crippen LogP contribution in [0.3, 0.4) is 0 Å². The molecule has 1 heterocycles. The summed E-state index contributed by atoms with van der Waals surface area (Å²) in [6, 6.07) is 4.00. The van der Waals surface area contributed by atoms with Gasteiger partial charge in [-0.1, -0.05) is 30.7 Å². The van der Waals surface area contributed by atoms with Gasteiger partial charge in [0, 0.05) is 5.92 Å². The Labute approximate surface area is 246 Å². The predicted octanol–water partition coefficient (Wildman–Crippen LogP) is 1.60. The maximum absolute atomic E-state index is 13.9. The van der Waals surface area contributed by atoms with Crippen LogP contribution in [0.4, 0.5) is 0 Å². The van der Waals surface area contributed by atoms with Crippen LogP contribution in [0.25, 0.3) is 0 Å². The minimum atomic E-state index is -1.49. The number of aliphatic hydroxyl groups is 2. The van der Waals surface area contributed by atoms with Gasteiger partial charge in [0.05, 0.1) is 31.3 Å². The Bertz CT molecular complexity index is 1200. The summed E-state index contributed by atoms with van der Waals surface area (Å²) in [4.78, 5) is 53.5. The van der Waals surface area contributed by atoms with E-state index in [4.69, 9.17) is 15.2 Å². The topological polar surface area (TPSA) is 181 Å². The number of carbonyl (C=O) groups excluding carboxylic acids is 4. The highest BCUT2D eigenvalue weighted by Gasteiger charge is 2.51. The quantitative estimate of drug-likeness (QED) is 0.171. The summed E-state index contributed by atoms with van der Waals surface area (Å²) in [5.74, 6) is -2.71. The molecule has 4 rings (SSSR count). The maximum atomic E-state index is 13.9. The fourth-order valence-electron chi connectivity index (χ4n) is 6.10. The van der Waals surface area contributed by atoms with Crippen molar-refractivity contribution >= 4 is 23.5 Å². The number of methoxy groups -OCH3 is 1. The van der Waals surface area contributed by atoms with Crippen LogP contribution in [-0.4, -0.2) is 71.2 Å². The standard InChI is InChI=1S/C31H43N3O8/c1-18(31(29(32)40)14-12-21(35)13-15-31)27(38)34-24(25(36)20-8-10-22(41-3)11-9-20)28(39)33-23(16-19-6-4-5-7-19)26(37)30(2)17-42-30/h6,8-11,18,21,23-25,35-36H,4-5,7,12-17H2,1-3H3,(H2,32,40)(H,33,39)(H,34,38)/t18-,21?,23-,24-,25+,30+,31?/m0/s1. The van der Waals surface area contributed by atoms with Gasteiger partial charge in [-0.3, -0.25) is 19.2 Å². The van der Waals surface area contributed by atoms with Gasteiger partial charge >= 0.3 is 0 Å². The molecule has 0 aromatic heterocycles. The number of nitrogens with one attached hydrogen (secondary N) is 2. The average Bonchev–Trinajstić information content (AvgIpc) is 3.52. The van der Waals surface area contributed by atoms with E-state index < -0.39 is 58.9 Å². The summed E-state index contributed by atoms with van der Waals surface area (Å²) in [7, 11) is 1.50. The molecule has 11 heteroatoms. The van der Waals surface area contributed by atoms with Gasteiger partial charge in [-0.25, -0.2) is 0 Å². The summed E-state index contributed by atoms with van der Waals surface area (Å²) in [5, 5.41) is 26.9. The molecule has 230 valence electrons. The number of benzene rings is 1. The molecule has 1 saturated carbocycles. The molecule has 3 aliphatic rings. The van der Waals surface area contributed by atoms with E-state index in [-0.39, 0.29) is 25.2 Å². The molecular weight excluding hydrogens is 542 g/mol. The molecule has 0 bridgehead atoms. The lowest BCUT2D eigenvalue weighted by molar-refractivity contribution is -0.145. The first kappa shape index (κ1) is 31.7. The van der Waals surface area contributed by atoms with E-state index in [0.717, 1.165) is 24.8 Å². The van der Waals surface area contributed by atoms with E-state index in [9.17, 15) is 29.4 Å². The summed E-state index contributed by atoms with van der Waals surface area (Å²) in [6.07, 6.45) is 4.11. The fourth-order valence-corrected chi connectivity index (χ4v) is 6.10. The van der Waals surface area contributed by atoms with Crippen LogP contribution < -0.4 is 21.1 Å². The molecule has 5 atom stereocenters. The Morgan fingerprint density at radius 1 is 1.12 bits per heavy atom. The van der Waals surface area contributed by atoms with Crippen LogP contribution in [0, 0.1) is 11.3 Å². The van der Waals surface area contributed by atoms with Crippen LogP contribution in [0.5, 0.6) is 5.75 Å². The number of carbonyl (C=O) groups is 4. The lowest BCUT2D eigenvalue weighted by Crippen LogP contribution is -2.58. The number of ketones is 1. The smallest absolute Gasteiger partial charge is 0.246 e. The molecule has 1 saturated heterocycles. The van der Waals surface area contributed by atoms with Gasteiger partial charge in [0.15, 0.2) is 5.78 Å². The van der Waals surface area contributed by atoms with Crippen molar-refractivity contribution in [1.82, 2.24) is 10.6 Å². The number of amides is 3. The van der Waals surface area contributed by atoms with Crippen LogP contribution in [0.15, 0.2) is 35.9 Å². The minimum absolute atomic E-state index is 0.222. The second-order valence-corrected chi connectivity index (χ2v) is 12.1. The number of hydrogen-bond donors (Lipinski definition) is 5. The molecule has 42 heavy (non-hydrogen) atoms. The van der Waals surface area contributed by atoms with Crippen molar-refractivity contribution in [3.63, 3.8) is 0 Å². The maximum Gasteiger partial charge on any atom is 0.246 e. The number of hydrogen-bond acceptors (Lipinski definition) is 8. The number of primary amides is 1. The largest absolute Gasteiger partial charge is 0.497 e. The average molecular weight is 586 g/mol. The highest BCUT2D eigenvalue weighted by atomic mass is 16.6. The first-order chi connectivity index (χ1) is 19.9. The third-order valence-electron chi connectivity index (χ3n) is 9.25. The second-order valence-electron chi connectivity index (χ2n) is 12.1. The normalized spacial score (nSPS) is 28.0. The van der Waals surface area contributed by atoms with E-state index in [1.54, 1.807) is 38.1 Å². The number of aliphatic hydroxyl groups excluding tert-OH is 2. The number of Topliss-reactive ketones (excluding diaryl/α,β-unsaturated/α-hetero) is 1. The third-order valence-corrected chi connectivity index (χ3v) is 9.25. The van der Waals surface area contributed by atoms with Crippen molar-refractivity contribution in [2.24, 2.45) is 17.1 Å². The van der Waals surface area contributed by atoms with Gasteiger partial charge in [-0.15, -0.1) is 0 Å². The minimum Gasteiger partial charge on any atom is -0.497 e. The van der Waals surface area contributed by atoms with E-state index in [1.807, 2.05) is 0 Å². The van der Waals surface area contributed by atoms with E-state index in [0.29, 0.717) is 30.6 Å². The van der Waals surface area contributed by atoms with Crippen LogP contribution in [0.2, 0.25) is 0 Å². The number of epoxide rings is 1. The summed E-state index contributed by atoms with van der Waals surface area (Å²) < 4.78 is 10.6. The number of ether oxygens (including phenoxy) is 2. The van der Waals surface area contributed by atoms with Gasteiger partial charge in [-0.05, 0) is 76.0 Å². The molecule has 0 unspecified atom stereocenters. The lowest BCUT2D eigenvalue weighted by atomic mass is 9.65. The monoisotopic (exact) mass is 585 g/mol. The highest BCUT2D eigenvalue weighted by Crippen LogP contribution is 2.43. The molecule has 2 fully saturated rings. The van der Waals surface area contributed by atoms with Crippen LogP contribution in [0.1, 0.15) is 76.9 Å². The molecule has 1 aromatic rings. The van der Waals surface area contributed by atoms with Gasteiger partial charge in [0.1, 0.15) is 23.5 Å². The van der Waals surface area contributed by atoms with E-state index >= 15 is 0 Å². The molecule has 0 radical (unpaired) electrons. The van der Waals surface area contributed by atoms with Gasteiger partial charge < -0.3 is 36.1 Å². The van der Waals surface area contributed by atoms with Crippen molar-refractivity contribution in [3.8, 4) is 5.75 Å². The van der Waals surface area contributed by atoms with E-state index in [2.05, 4.69) is 16.7 Å². The number of nitrogens with two attached hydrogens (primary N) is 1. The van der Waals surface area contributed by atoms with Gasteiger partial charge in [0.2, 0.25) is 17.7 Å². The fraction of sp³-hybridized carbons (Fsp3) is 0.613. The molecular formula is C31H43N3O8. The molecule has 1 aliphatic heterocycles. The van der Waals surface area contributed by atoms with Crippen molar-refractivity contribution in [3.05, 3.63) is 41.5 Å². The zero-order valence-corrected chi connectivity index (χ0v) is 24.6. The zero-order valence-electron chi connectivity index (χ0n) is 24.6. The van der Waals surface area contributed by atoms with Gasteiger partial charge in [0.25, 0.3) is 0 Å². The molecule has 3 amide bonds. The molecule has 11 nitrogen and oxygen atoms in total. The SMILES string of the molecule is COc1ccc([C@@H](O)[C@H](NC(=O)[C@H](C)C2(C(N)=O)CCC(O)CC2)C(=O)N[C@@H](CC2=CCCC2)C(=O)[C@@]2(C)CO2)cc1. The first-order valence-electron chi connectivity index (χ1n) is 14.7. The first-order valence-corrected chi connectivity index (χ1v) is 14.7. The molecule has 2 aliphatic carbocycles. The molecule has 0 spiro atoms. The second kappa shape index (κ2) is 12.9. The molecule has 6 N–H and O–H groups in total. The van der Waals surface area contributed by atoms with Crippen molar-refractivity contribution in [2.45, 2.75) is 95.1 Å². The Hall–Kier alpha value is -3.28. The Balaban J connectivity index is 1.60. The van der Waals surface area contributed by atoms with Crippen LogP contribution >= 0.6 is 0 Å². The van der Waals surface area contributed by atoms with Crippen molar-refractivity contribution in [1.29, 1.82) is 0 Å². The van der Waals surface area contributed by atoms with Crippen molar-refractivity contribution < 1.29 is 38.9 Å². The summed E-state index contributed by atoms with van der Waals surface area (Å²) in [5.41, 5.74) is 4.99. The Morgan fingerprint density at radius 3 is 2.29 bits per heavy atom. The van der Waals surface area contributed by atoms with Crippen LogP contribution in [-0.2, 0) is 23.9 Å². The molecule has 1 aromatic carbocycles. The number of allylic oxidation sites excluding steroid dienone is 1. The Morgan fingerprint density at radius 2 is 1.76 bits per heavy atom.